The third-order valence-electron chi connectivity index (χ3n) is 2.39. The molecule has 106 valence electrons. The fourth-order valence-electron chi connectivity index (χ4n) is 1.47. The average Bonchev–Trinajstić information content (AvgIpc) is 2.36. The van der Waals surface area contributed by atoms with Crippen molar-refractivity contribution in [3.05, 3.63) is 53.1 Å². The van der Waals surface area contributed by atoms with Crippen LogP contribution in [0.25, 0.3) is 0 Å². The zero-order valence-corrected chi connectivity index (χ0v) is 11.3. The summed E-state index contributed by atoms with van der Waals surface area (Å²) in [4.78, 5) is -0.511. The van der Waals surface area contributed by atoms with E-state index in [1.165, 1.54) is 0 Å². The summed E-state index contributed by atoms with van der Waals surface area (Å²) in [6.45, 7) is 0. The molecule has 0 spiro atoms. The number of phenolic OH excluding ortho intramolecular Hbond substituents is 1. The molecule has 0 aromatic heterocycles. The van der Waals surface area contributed by atoms with E-state index < -0.39 is 32.3 Å². The van der Waals surface area contributed by atoms with Crippen LogP contribution < -0.4 is 4.72 Å². The van der Waals surface area contributed by atoms with Gasteiger partial charge in [0.15, 0.2) is 0 Å². The first-order valence-electron chi connectivity index (χ1n) is 5.26. The Morgan fingerprint density at radius 1 is 1.05 bits per heavy atom. The van der Waals surface area contributed by atoms with Crippen LogP contribution in [0.2, 0.25) is 5.02 Å². The van der Waals surface area contributed by atoms with E-state index in [2.05, 4.69) is 0 Å². The van der Waals surface area contributed by atoms with Crippen molar-refractivity contribution < 1.29 is 22.3 Å². The van der Waals surface area contributed by atoms with Gasteiger partial charge in [-0.15, -0.1) is 0 Å². The third-order valence-corrected chi connectivity index (χ3v) is 4.23. The van der Waals surface area contributed by atoms with Gasteiger partial charge in [0.1, 0.15) is 22.3 Å². The Bertz CT molecular complexity index is 765. The topological polar surface area (TPSA) is 66.4 Å². The van der Waals surface area contributed by atoms with Crippen LogP contribution in [0.3, 0.4) is 0 Å². The van der Waals surface area contributed by atoms with Crippen LogP contribution in [0.4, 0.5) is 14.5 Å². The molecule has 0 aliphatic rings. The Morgan fingerprint density at radius 3 is 2.35 bits per heavy atom. The molecule has 20 heavy (non-hydrogen) atoms. The van der Waals surface area contributed by atoms with Gasteiger partial charge in [-0.25, -0.2) is 17.2 Å². The maximum absolute atomic E-state index is 13.1. The van der Waals surface area contributed by atoms with Crippen LogP contribution >= 0.6 is 11.6 Å². The van der Waals surface area contributed by atoms with Crippen molar-refractivity contribution >= 4 is 27.3 Å². The molecule has 0 radical (unpaired) electrons. The van der Waals surface area contributed by atoms with Gasteiger partial charge in [-0.1, -0.05) is 11.6 Å². The van der Waals surface area contributed by atoms with Gasteiger partial charge >= 0.3 is 0 Å². The number of phenols is 1. The van der Waals surface area contributed by atoms with Gasteiger partial charge in [0.2, 0.25) is 0 Å². The molecule has 2 aromatic carbocycles. The monoisotopic (exact) mass is 319 g/mol. The van der Waals surface area contributed by atoms with E-state index in [-0.39, 0.29) is 10.7 Å². The molecule has 0 amide bonds. The Morgan fingerprint density at radius 2 is 1.65 bits per heavy atom. The van der Waals surface area contributed by atoms with Crippen LogP contribution in [0, 0.1) is 11.6 Å². The number of aromatic hydroxyl groups is 1. The summed E-state index contributed by atoms with van der Waals surface area (Å²) in [5.41, 5.74) is -0.370. The van der Waals surface area contributed by atoms with Gasteiger partial charge in [0.05, 0.1) is 10.7 Å². The molecule has 0 aliphatic heterocycles. The number of rotatable bonds is 3. The van der Waals surface area contributed by atoms with Crippen LogP contribution in [-0.4, -0.2) is 13.5 Å². The van der Waals surface area contributed by atoms with Crippen LogP contribution in [-0.2, 0) is 10.0 Å². The number of sulfonamides is 1. The van der Waals surface area contributed by atoms with Crippen molar-refractivity contribution in [2.24, 2.45) is 0 Å². The van der Waals surface area contributed by atoms with Gasteiger partial charge < -0.3 is 5.11 Å². The zero-order chi connectivity index (χ0) is 14.9. The summed E-state index contributed by atoms with van der Waals surface area (Å²) in [6, 6.07) is 5.54. The van der Waals surface area contributed by atoms with Crippen molar-refractivity contribution in [2.45, 2.75) is 4.90 Å². The van der Waals surface area contributed by atoms with E-state index in [0.717, 1.165) is 36.4 Å². The van der Waals surface area contributed by atoms with E-state index in [0.29, 0.717) is 0 Å². The lowest BCUT2D eigenvalue weighted by Crippen LogP contribution is -2.14. The Kier molecular flexibility index (Phi) is 3.82. The molecule has 2 rings (SSSR count). The van der Waals surface area contributed by atoms with E-state index in [1.807, 2.05) is 4.72 Å². The van der Waals surface area contributed by atoms with Crippen LogP contribution in [0.1, 0.15) is 0 Å². The van der Waals surface area contributed by atoms with Gasteiger partial charge in [0.25, 0.3) is 10.0 Å². The predicted molar refractivity (Wildman–Crippen MR) is 70.3 cm³/mol. The van der Waals surface area contributed by atoms with Crippen molar-refractivity contribution in [2.75, 3.05) is 4.72 Å². The lowest BCUT2D eigenvalue weighted by atomic mass is 10.3. The first-order chi connectivity index (χ1) is 9.29. The highest BCUT2D eigenvalue weighted by Crippen LogP contribution is 2.29. The minimum atomic E-state index is -4.25. The number of anilines is 1. The third kappa shape index (κ3) is 3.00. The molecule has 0 saturated carbocycles. The van der Waals surface area contributed by atoms with Crippen molar-refractivity contribution in [3.63, 3.8) is 0 Å². The molecule has 0 fully saturated rings. The number of nitrogens with one attached hydrogen (secondary N) is 1. The Balaban J connectivity index is 2.46. The van der Waals surface area contributed by atoms with Crippen molar-refractivity contribution in [1.29, 1.82) is 0 Å². The number of halogens is 3. The molecule has 2 N–H and O–H groups in total. The quantitative estimate of drug-likeness (QED) is 0.854. The molecule has 0 unspecified atom stereocenters. The molecule has 2 aromatic rings. The summed E-state index contributed by atoms with van der Waals surface area (Å²) < 4.78 is 52.2. The fraction of sp³-hybridized carbons (Fsp3) is 0. The van der Waals surface area contributed by atoms with Crippen molar-refractivity contribution in [1.82, 2.24) is 0 Å². The minimum Gasteiger partial charge on any atom is -0.506 e. The van der Waals surface area contributed by atoms with Gasteiger partial charge in [0, 0.05) is 6.07 Å². The van der Waals surface area contributed by atoms with E-state index in [1.54, 1.807) is 0 Å². The molecule has 0 atom stereocenters. The summed E-state index contributed by atoms with van der Waals surface area (Å²) in [6.07, 6.45) is 0. The Hall–Kier alpha value is -1.86. The second-order valence-corrected chi connectivity index (χ2v) is 5.90. The van der Waals surface area contributed by atoms with E-state index in [9.17, 15) is 22.3 Å². The highest BCUT2D eigenvalue weighted by molar-refractivity contribution is 7.92. The predicted octanol–water partition coefficient (Wildman–Crippen LogP) is 3.12. The largest absolute Gasteiger partial charge is 0.506 e. The number of benzene rings is 2. The highest BCUT2D eigenvalue weighted by atomic mass is 35.5. The SMILES string of the molecule is O=S(=O)(Nc1cc(F)ccc1O)c1cc(F)ccc1Cl. The second-order valence-electron chi connectivity index (χ2n) is 3.84. The first-order valence-corrected chi connectivity index (χ1v) is 7.12. The number of hydrogen-bond donors (Lipinski definition) is 2. The van der Waals surface area contributed by atoms with Crippen LogP contribution in [0.5, 0.6) is 5.75 Å². The summed E-state index contributed by atoms with van der Waals surface area (Å²) in [5, 5.41) is 9.27. The maximum atomic E-state index is 13.1. The molecule has 0 saturated heterocycles. The Labute approximate surface area is 118 Å². The molecule has 8 heteroatoms. The van der Waals surface area contributed by atoms with E-state index in [4.69, 9.17) is 11.6 Å². The smallest absolute Gasteiger partial charge is 0.263 e. The zero-order valence-electron chi connectivity index (χ0n) is 9.77. The standard InChI is InChI=1S/C12H8ClF2NO3S/c13-9-3-1-8(15)6-12(9)20(18,19)16-10-5-7(14)2-4-11(10)17/h1-6,16-17H. The lowest BCUT2D eigenvalue weighted by Gasteiger charge is -2.11. The van der Waals surface area contributed by atoms with Gasteiger partial charge in [-0.2, -0.15) is 0 Å². The van der Waals surface area contributed by atoms with Crippen LogP contribution in [0.15, 0.2) is 41.3 Å². The van der Waals surface area contributed by atoms with Gasteiger partial charge in [-0.05, 0) is 30.3 Å². The summed E-state index contributed by atoms with van der Waals surface area (Å²) in [5.74, 6) is -2.01. The normalized spacial score (nSPS) is 11.3. The minimum absolute atomic E-state index is 0.199. The first kappa shape index (κ1) is 14.5. The molecule has 0 aliphatic carbocycles. The molecular formula is C12H8ClF2NO3S. The van der Waals surface area contributed by atoms with Gasteiger partial charge in [-0.3, -0.25) is 4.72 Å². The second kappa shape index (κ2) is 5.26. The molecular weight excluding hydrogens is 312 g/mol. The highest BCUT2D eigenvalue weighted by Gasteiger charge is 2.20. The fourth-order valence-corrected chi connectivity index (χ4v) is 3.05. The molecule has 0 bridgehead atoms. The summed E-state index contributed by atoms with van der Waals surface area (Å²) >= 11 is 5.70. The number of hydrogen-bond acceptors (Lipinski definition) is 3. The maximum Gasteiger partial charge on any atom is 0.263 e. The van der Waals surface area contributed by atoms with E-state index >= 15 is 0 Å². The average molecular weight is 320 g/mol. The van der Waals surface area contributed by atoms with Crippen molar-refractivity contribution in [3.8, 4) is 5.75 Å². The molecule has 0 heterocycles. The lowest BCUT2D eigenvalue weighted by molar-refractivity contribution is 0.475. The molecule has 4 nitrogen and oxygen atoms in total. The summed E-state index contributed by atoms with van der Waals surface area (Å²) in [7, 11) is -4.25.